The Hall–Kier alpha value is -2.24. The topological polar surface area (TPSA) is 102 Å². The van der Waals surface area contributed by atoms with Crippen molar-refractivity contribution >= 4 is 38.4 Å². The molecular formula is C17H17N3O5S3. The highest BCUT2D eigenvalue weighted by molar-refractivity contribution is 7.91. The predicted octanol–water partition coefficient (Wildman–Crippen LogP) is 1.84. The molecule has 0 radical (unpaired) electrons. The van der Waals surface area contributed by atoms with Crippen molar-refractivity contribution in [3.05, 3.63) is 50.5 Å². The number of aromatic nitrogens is 2. The van der Waals surface area contributed by atoms with Gasteiger partial charge in [-0.05, 0) is 29.3 Å². The Labute approximate surface area is 168 Å². The molecule has 4 heterocycles. The molecule has 3 aromatic heterocycles. The van der Waals surface area contributed by atoms with Crippen molar-refractivity contribution in [1.29, 1.82) is 0 Å². The number of thiophene rings is 2. The number of amides is 1. The van der Waals surface area contributed by atoms with E-state index < -0.39 is 21.6 Å². The lowest BCUT2D eigenvalue weighted by atomic mass is 10.2. The molecule has 8 nitrogen and oxygen atoms in total. The van der Waals surface area contributed by atoms with Gasteiger partial charge in [-0.1, -0.05) is 17.3 Å². The van der Waals surface area contributed by atoms with E-state index in [1.165, 1.54) is 27.2 Å². The van der Waals surface area contributed by atoms with E-state index in [-0.39, 0.29) is 24.0 Å². The SMILES string of the molecule is O=C(Cn1c(-c2cccs2)noc1=O)N(Cc1cccs1)[C@H]1CCS(=O)(=O)C1. The van der Waals surface area contributed by atoms with Crippen LogP contribution in [0.5, 0.6) is 0 Å². The molecule has 3 aromatic rings. The van der Waals surface area contributed by atoms with Gasteiger partial charge in [0, 0.05) is 10.9 Å². The average molecular weight is 440 g/mol. The lowest BCUT2D eigenvalue weighted by molar-refractivity contribution is -0.134. The summed E-state index contributed by atoms with van der Waals surface area (Å²) in [4.78, 5) is 28.5. The number of sulfone groups is 1. The maximum Gasteiger partial charge on any atom is 0.442 e. The van der Waals surface area contributed by atoms with E-state index in [4.69, 9.17) is 4.52 Å². The molecule has 1 aliphatic rings. The molecule has 148 valence electrons. The summed E-state index contributed by atoms with van der Waals surface area (Å²) < 4.78 is 29.8. The van der Waals surface area contributed by atoms with Gasteiger partial charge in [-0.3, -0.25) is 9.32 Å². The summed E-state index contributed by atoms with van der Waals surface area (Å²) in [5.74, 6) is -0.742. The molecule has 28 heavy (non-hydrogen) atoms. The average Bonchev–Trinajstić information content (AvgIpc) is 3.42. The second kappa shape index (κ2) is 7.64. The fourth-order valence-corrected chi connectivity index (χ4v) is 6.38. The monoisotopic (exact) mass is 439 g/mol. The molecule has 4 rings (SSSR count). The molecule has 1 aliphatic heterocycles. The molecule has 0 bridgehead atoms. The predicted molar refractivity (Wildman–Crippen MR) is 106 cm³/mol. The van der Waals surface area contributed by atoms with Crippen LogP contribution < -0.4 is 5.76 Å². The lowest BCUT2D eigenvalue weighted by Crippen LogP contribution is -2.43. The van der Waals surface area contributed by atoms with Gasteiger partial charge in [0.15, 0.2) is 15.7 Å². The second-order valence-corrected chi connectivity index (χ2v) is 10.7. The first-order valence-electron chi connectivity index (χ1n) is 8.55. The first-order valence-corrected chi connectivity index (χ1v) is 12.1. The quantitative estimate of drug-likeness (QED) is 0.581. The van der Waals surface area contributed by atoms with E-state index in [0.29, 0.717) is 23.7 Å². The zero-order valence-corrected chi connectivity index (χ0v) is 17.1. The molecule has 1 saturated heterocycles. The van der Waals surface area contributed by atoms with Gasteiger partial charge < -0.3 is 4.90 Å². The minimum absolute atomic E-state index is 0.0551. The molecule has 11 heteroatoms. The Bertz CT molecular complexity index is 1110. The van der Waals surface area contributed by atoms with Crippen molar-refractivity contribution < 1.29 is 17.7 Å². The van der Waals surface area contributed by atoms with Crippen LogP contribution in [0.25, 0.3) is 10.7 Å². The third-order valence-corrected chi connectivity index (χ3v) is 8.07. The van der Waals surface area contributed by atoms with Crippen LogP contribution in [-0.4, -0.2) is 46.5 Å². The van der Waals surface area contributed by atoms with Gasteiger partial charge in [-0.15, -0.1) is 22.7 Å². The van der Waals surface area contributed by atoms with Gasteiger partial charge >= 0.3 is 5.76 Å². The molecule has 0 N–H and O–H groups in total. The normalized spacial score (nSPS) is 18.4. The van der Waals surface area contributed by atoms with Crippen molar-refractivity contribution in [2.75, 3.05) is 11.5 Å². The fraction of sp³-hybridized carbons (Fsp3) is 0.353. The molecule has 1 atom stereocenters. The molecular weight excluding hydrogens is 422 g/mol. The molecule has 0 unspecified atom stereocenters. The van der Waals surface area contributed by atoms with Crippen LogP contribution in [0.2, 0.25) is 0 Å². The molecule has 0 aromatic carbocycles. The Balaban J connectivity index is 1.61. The zero-order chi connectivity index (χ0) is 19.7. The van der Waals surface area contributed by atoms with Gasteiger partial charge in [-0.2, -0.15) is 0 Å². The summed E-state index contributed by atoms with van der Waals surface area (Å²) in [6.45, 7) is 0.0581. The Morgan fingerprint density at radius 3 is 2.71 bits per heavy atom. The van der Waals surface area contributed by atoms with Crippen molar-refractivity contribution in [1.82, 2.24) is 14.6 Å². The van der Waals surface area contributed by atoms with E-state index >= 15 is 0 Å². The standard InChI is InChI=1S/C17H17N3O5S3/c21-15(10-20-16(18-25-17(20)22)14-4-2-7-27-14)19(9-13-3-1-6-26-13)12-5-8-28(23,24)11-12/h1-4,6-7,12H,5,8-11H2/t12-/m0/s1. The summed E-state index contributed by atoms with van der Waals surface area (Å²) in [5, 5.41) is 7.53. The smallest absolute Gasteiger partial charge is 0.332 e. The number of carbonyl (C=O) groups is 1. The van der Waals surface area contributed by atoms with Crippen molar-refractivity contribution in [3.63, 3.8) is 0 Å². The number of nitrogens with zero attached hydrogens (tertiary/aromatic N) is 3. The molecule has 0 saturated carbocycles. The summed E-state index contributed by atoms with van der Waals surface area (Å²) >= 11 is 2.88. The van der Waals surface area contributed by atoms with Crippen LogP contribution in [0.3, 0.4) is 0 Å². The number of carbonyl (C=O) groups excluding carboxylic acids is 1. The first kappa shape index (κ1) is 19.1. The second-order valence-electron chi connectivity index (χ2n) is 6.49. The summed E-state index contributed by atoms with van der Waals surface area (Å²) in [7, 11) is -3.15. The minimum atomic E-state index is -3.15. The molecule has 0 spiro atoms. The van der Waals surface area contributed by atoms with Gasteiger partial charge in [-0.25, -0.2) is 17.8 Å². The highest BCUT2D eigenvalue weighted by Crippen LogP contribution is 2.24. The summed E-state index contributed by atoms with van der Waals surface area (Å²) in [6, 6.07) is 6.98. The van der Waals surface area contributed by atoms with E-state index in [2.05, 4.69) is 5.16 Å². The van der Waals surface area contributed by atoms with Gasteiger partial charge in [0.2, 0.25) is 5.91 Å². The number of rotatable bonds is 6. The largest absolute Gasteiger partial charge is 0.442 e. The van der Waals surface area contributed by atoms with Crippen LogP contribution >= 0.6 is 22.7 Å². The van der Waals surface area contributed by atoms with Crippen molar-refractivity contribution in [3.8, 4) is 10.7 Å². The summed E-state index contributed by atoms with van der Waals surface area (Å²) in [5.41, 5.74) is 0. The van der Waals surface area contributed by atoms with Crippen LogP contribution in [0.15, 0.2) is 44.3 Å². The third kappa shape index (κ3) is 3.96. The van der Waals surface area contributed by atoms with Crippen molar-refractivity contribution in [2.45, 2.75) is 25.6 Å². The highest BCUT2D eigenvalue weighted by atomic mass is 32.2. The van der Waals surface area contributed by atoms with E-state index in [9.17, 15) is 18.0 Å². The summed E-state index contributed by atoms with van der Waals surface area (Å²) in [6.07, 6.45) is 0.399. The lowest BCUT2D eigenvalue weighted by Gasteiger charge is -2.28. The Morgan fingerprint density at radius 1 is 1.29 bits per heavy atom. The molecule has 1 amide bonds. The fourth-order valence-electron chi connectivity index (χ4n) is 3.23. The van der Waals surface area contributed by atoms with Crippen LogP contribution in [0, 0.1) is 0 Å². The van der Waals surface area contributed by atoms with Crippen molar-refractivity contribution in [2.24, 2.45) is 0 Å². The highest BCUT2D eigenvalue weighted by Gasteiger charge is 2.35. The van der Waals surface area contributed by atoms with Crippen LogP contribution in [-0.2, 0) is 27.7 Å². The van der Waals surface area contributed by atoms with Gasteiger partial charge in [0.05, 0.1) is 22.9 Å². The minimum Gasteiger partial charge on any atom is -0.332 e. The Kier molecular flexibility index (Phi) is 5.21. The maximum atomic E-state index is 13.1. The van der Waals surface area contributed by atoms with Crippen LogP contribution in [0.4, 0.5) is 0 Å². The van der Waals surface area contributed by atoms with Gasteiger partial charge in [0.1, 0.15) is 6.54 Å². The van der Waals surface area contributed by atoms with E-state index in [1.54, 1.807) is 11.0 Å². The molecule has 0 aliphatic carbocycles. The van der Waals surface area contributed by atoms with E-state index in [1.807, 2.05) is 29.0 Å². The third-order valence-electron chi connectivity index (χ3n) is 4.60. The van der Waals surface area contributed by atoms with Crippen LogP contribution in [0.1, 0.15) is 11.3 Å². The Morgan fingerprint density at radius 2 is 2.07 bits per heavy atom. The molecule has 1 fully saturated rings. The number of hydrogen-bond donors (Lipinski definition) is 0. The van der Waals surface area contributed by atoms with Gasteiger partial charge in [0.25, 0.3) is 0 Å². The first-order chi connectivity index (χ1) is 13.4. The van der Waals surface area contributed by atoms with E-state index in [0.717, 1.165) is 4.88 Å². The maximum absolute atomic E-state index is 13.1. The number of hydrogen-bond acceptors (Lipinski definition) is 8. The zero-order valence-electron chi connectivity index (χ0n) is 14.7.